The molecule has 0 spiro atoms. The highest BCUT2D eigenvalue weighted by Crippen LogP contribution is 2.45. The summed E-state index contributed by atoms with van der Waals surface area (Å²) in [5.41, 5.74) is -9.36. The van der Waals surface area contributed by atoms with Crippen LogP contribution < -0.4 is 0 Å². The summed E-state index contributed by atoms with van der Waals surface area (Å²) in [6.07, 6.45) is 5.07. The third-order valence-electron chi connectivity index (χ3n) is 30.4. The molecule has 0 unspecified atom stereocenters. The number of cyclic esters (lactones) is 3. The Morgan fingerprint density at radius 3 is 0.886 bits per heavy atom. The smallest absolute Gasteiger partial charge is 0.316 e. The minimum absolute atomic E-state index is 0. The predicted octanol–water partition coefficient (Wildman–Crippen LogP) is 13.5. The van der Waals surface area contributed by atoms with Crippen molar-refractivity contribution in [3.63, 3.8) is 0 Å². The monoisotopic (exact) mass is 2000 g/mol. The van der Waals surface area contributed by atoms with Crippen LogP contribution in [0.25, 0.3) is 0 Å². The van der Waals surface area contributed by atoms with E-state index in [1.165, 1.54) is 62.9 Å². The number of aliphatic hydroxyl groups excluding tert-OH is 5. The van der Waals surface area contributed by atoms with Gasteiger partial charge in [0, 0.05) is 143 Å². The zero-order chi connectivity index (χ0) is 103. The highest BCUT2D eigenvalue weighted by molar-refractivity contribution is 6.01. The molecule has 820 valence electrons. The van der Waals surface area contributed by atoms with Gasteiger partial charge in [-0.25, -0.2) is 0 Å². The number of carbonyl (C=O) groups excluding carboxylic acids is 8. The van der Waals surface area contributed by atoms with Gasteiger partial charge in [0.15, 0.2) is 30.4 Å². The van der Waals surface area contributed by atoms with Crippen LogP contribution in [0.5, 0.6) is 0 Å². The number of rotatable bonds is 21. The van der Waals surface area contributed by atoms with Crippen LogP contribution in [0.3, 0.4) is 0 Å². The molecule has 0 amide bonds. The summed E-state index contributed by atoms with van der Waals surface area (Å²) in [6, 6.07) is -0.114. The van der Waals surface area contributed by atoms with Crippen molar-refractivity contribution in [2.75, 3.05) is 62.1 Å². The standard InChI is InChI=1S/C34H59NO9.C34H57NO9.C33H55NO10.C2H6.6CH4/c2*1-13-15-16-35(11)25-17-20(4)42-32(21(25)5)44-30-23(7)28(37)24(8)31(39)43-26(14-2)34(10,40)29(38)22(6)27(36)19(3)18-33(30,9)41-12;1-12-14-15-34(10)23-16-19(4)42-31(27(23)37)44-29-21(6)26(36)22(7)30(39)43-24(13-2)33(9,40)28(38)20(5)25(35)18(3)17-32(29,8)41-11;1-2;;;;;;/h1,19-26,28-30,32,37-38,40H,14-18H2,2-12H3;1,19-26,29-30,32,38,40H,14-18H2,2-12H3;1,18-24,27-29,31,37-38,40H,13-17H2,2-11H3;1-2H3;6*1H4/t19-,20-,21-,22+,23+,24-,25+,26-,28+,29-,30-,32+,33-,34-;19-,20-,21-,22+,23+,24-,25+,26-,29-,30-,32+,33-,34-;18-,19-,20+,21+,22-,23+,24-,27-,28-,29-,31+,32-,33-;;;;;;;/m111......./s1. The van der Waals surface area contributed by atoms with Gasteiger partial charge < -0.3 is 107 Å². The molecule has 40 atom stereocenters. The van der Waals surface area contributed by atoms with Crippen molar-refractivity contribution in [1.82, 2.24) is 14.7 Å². The number of terminal acetylenes is 3. The minimum atomic E-state index is -1.96. The molecular weight excluding hydrogens is 1800 g/mol. The Kier molecular flexibility index (Phi) is 61.8. The summed E-state index contributed by atoms with van der Waals surface area (Å²) in [4.78, 5) is 115. The van der Waals surface area contributed by atoms with E-state index in [0.717, 1.165) is 19.4 Å². The average molecular weight is 2000 g/mol. The highest BCUT2D eigenvalue weighted by Gasteiger charge is 2.58. The van der Waals surface area contributed by atoms with Gasteiger partial charge in [0.1, 0.15) is 70.4 Å². The number of methoxy groups -OCH3 is 3. The second-order valence-corrected chi connectivity index (χ2v) is 41.0. The van der Waals surface area contributed by atoms with Crippen molar-refractivity contribution in [3.8, 4) is 37.0 Å². The van der Waals surface area contributed by atoms with Crippen molar-refractivity contribution in [2.24, 2.45) is 82.9 Å². The molecule has 0 aliphatic carbocycles. The van der Waals surface area contributed by atoms with Gasteiger partial charge in [0.2, 0.25) is 0 Å². The Hall–Kier alpha value is -5.36. The van der Waals surface area contributed by atoms with Crippen molar-refractivity contribution in [1.29, 1.82) is 0 Å². The van der Waals surface area contributed by atoms with Gasteiger partial charge in [-0.15, -0.1) is 37.0 Å². The van der Waals surface area contributed by atoms with E-state index in [1.807, 2.05) is 74.5 Å². The Balaban J connectivity index is -0.000000961. The van der Waals surface area contributed by atoms with Crippen molar-refractivity contribution in [2.45, 2.75) is 472 Å². The molecule has 0 saturated carbocycles. The first kappa shape index (κ1) is 141. The molecular formula is C109H201N3O28. The third kappa shape index (κ3) is 34.4. The van der Waals surface area contributed by atoms with Gasteiger partial charge in [-0.3, -0.25) is 43.3 Å². The molecule has 6 aliphatic heterocycles. The van der Waals surface area contributed by atoms with E-state index in [2.05, 4.69) is 34.5 Å². The molecule has 0 aromatic rings. The van der Waals surface area contributed by atoms with E-state index < -0.39 is 220 Å². The largest absolute Gasteiger partial charge is 0.459 e. The first-order chi connectivity index (χ1) is 62.1. The number of esters is 3. The molecule has 6 aliphatic rings. The zero-order valence-corrected chi connectivity index (χ0v) is 87.6. The van der Waals surface area contributed by atoms with Crippen LogP contribution in [-0.2, 0) is 95.2 Å². The lowest BCUT2D eigenvalue weighted by atomic mass is 9.74. The number of Topliss-reactive ketones (excluding diaryl/α,β-unsaturated/α-hetero) is 5. The fraction of sp³-hybridized carbons (Fsp3) is 0.872. The Bertz CT molecular complexity index is 3680. The lowest BCUT2D eigenvalue weighted by Gasteiger charge is -2.49. The van der Waals surface area contributed by atoms with Crippen LogP contribution in [0.1, 0.15) is 315 Å². The summed E-state index contributed by atoms with van der Waals surface area (Å²) < 4.78 is 73.9. The number of nitrogens with zero attached hydrogens (tertiary/aromatic N) is 3. The van der Waals surface area contributed by atoms with E-state index in [4.69, 9.17) is 76.1 Å². The summed E-state index contributed by atoms with van der Waals surface area (Å²) in [5.74, 6) is -7.28. The number of ether oxygens (including phenoxy) is 12. The molecule has 8 N–H and O–H groups in total. The van der Waals surface area contributed by atoms with Crippen LogP contribution in [0.2, 0.25) is 0 Å². The maximum atomic E-state index is 14.0. The number of hydrogen-bond acceptors (Lipinski definition) is 31. The third-order valence-corrected chi connectivity index (χ3v) is 30.4. The fourth-order valence-electron chi connectivity index (χ4n) is 21.1. The summed E-state index contributed by atoms with van der Waals surface area (Å²) in [7, 11) is 10.4. The van der Waals surface area contributed by atoms with Crippen LogP contribution in [0.4, 0.5) is 0 Å². The topological polar surface area (TPSA) is 419 Å². The zero-order valence-electron chi connectivity index (χ0n) is 87.6. The summed E-state index contributed by atoms with van der Waals surface area (Å²) in [5, 5.41) is 90.4. The first-order valence-corrected chi connectivity index (χ1v) is 49.0. The van der Waals surface area contributed by atoms with Crippen LogP contribution in [-0.4, -0.2) is 321 Å². The van der Waals surface area contributed by atoms with E-state index in [9.17, 15) is 79.2 Å². The highest BCUT2D eigenvalue weighted by atomic mass is 16.7. The Morgan fingerprint density at radius 2 is 0.607 bits per heavy atom. The molecule has 0 aromatic heterocycles. The quantitative estimate of drug-likeness (QED) is 0.0229. The van der Waals surface area contributed by atoms with Gasteiger partial charge in [0.25, 0.3) is 0 Å². The van der Waals surface area contributed by atoms with Crippen molar-refractivity contribution < 1.29 is 136 Å². The molecule has 31 heteroatoms. The molecule has 0 aromatic carbocycles. The van der Waals surface area contributed by atoms with Crippen molar-refractivity contribution >= 4 is 46.8 Å². The summed E-state index contributed by atoms with van der Waals surface area (Å²) >= 11 is 0. The second-order valence-electron chi connectivity index (χ2n) is 41.0. The predicted molar refractivity (Wildman–Crippen MR) is 549 cm³/mol. The van der Waals surface area contributed by atoms with E-state index >= 15 is 0 Å². The van der Waals surface area contributed by atoms with Crippen molar-refractivity contribution in [3.05, 3.63) is 0 Å². The van der Waals surface area contributed by atoms with Gasteiger partial charge in [-0.1, -0.05) is 155 Å². The van der Waals surface area contributed by atoms with E-state index in [1.54, 1.807) is 96.9 Å². The minimum Gasteiger partial charge on any atom is -0.459 e. The number of aliphatic hydroxyl groups is 8. The van der Waals surface area contributed by atoms with Crippen LogP contribution >= 0.6 is 0 Å². The second kappa shape index (κ2) is 61.4. The number of carbonyl (C=O) groups is 8. The number of likely N-dealkylation sites (N-methyl/N-ethyl adjacent to an activating group) is 1. The lowest BCUT2D eigenvalue weighted by Crippen LogP contribution is -2.60. The molecule has 140 heavy (non-hydrogen) atoms. The normalized spacial score (nSPS) is 41.4. The Labute approximate surface area is 846 Å². The first-order valence-electron chi connectivity index (χ1n) is 49.0. The molecule has 6 fully saturated rings. The van der Waals surface area contributed by atoms with Gasteiger partial charge in [-0.05, 0) is 162 Å². The SMILES string of the molecule is C.C.C.C.C.C.C#CCCN(C)[C@H]1C[C@@H](C)O[C@@H](O[C@@H]2[C@@H](C)C(=O)[C@@H](C)C(=O)O[C@H](CC)[C@@](C)(O)[C@H](O)[C@@H](C)C(=O)[C@H](C)C[C@@]2(C)OC)[C@@H]1C.C#CCCN(C)[C@H]1C[C@@H](C)O[C@@H](O[C@@H]2[C@@H](C)C(=O)[C@@H](C)C(=O)O[C@H](CC)[C@@](C)(O)[C@H](O)[C@@H](C)C(=O)[C@H](C)C[C@@]2(C)OC)[C@@H]1O.C#CCCN(C)[C@H]1C[C@@H](C)O[C@@H](O[C@@H]2[C@@H](C)[C@H](O)[C@@H](C)C(=O)O[C@H](CC)[C@@](C)(O)[C@H](O)[C@@H](C)C(=O)[C@H](C)C[C@@]2(C)OC)[C@@H]1C.CC. The molecule has 6 rings (SSSR count). The fourth-order valence-corrected chi connectivity index (χ4v) is 21.1. The Morgan fingerprint density at radius 1 is 0.357 bits per heavy atom. The number of hydrogen-bond donors (Lipinski definition) is 8. The van der Waals surface area contributed by atoms with E-state index in [-0.39, 0.29) is 149 Å². The molecule has 6 heterocycles. The molecule has 31 nitrogen and oxygen atoms in total. The van der Waals surface area contributed by atoms with Gasteiger partial charge in [0.05, 0.1) is 83.8 Å². The van der Waals surface area contributed by atoms with Gasteiger partial charge >= 0.3 is 17.9 Å². The molecule has 6 saturated heterocycles. The van der Waals surface area contributed by atoms with Crippen LogP contribution in [0.15, 0.2) is 0 Å². The molecule has 0 bridgehead atoms. The maximum absolute atomic E-state index is 14.0. The molecule has 0 radical (unpaired) electrons. The number of ketones is 5. The van der Waals surface area contributed by atoms with E-state index in [0.29, 0.717) is 38.8 Å². The van der Waals surface area contributed by atoms with Gasteiger partial charge in [-0.2, -0.15) is 0 Å². The van der Waals surface area contributed by atoms with Crippen LogP contribution in [0, 0.1) is 120 Å². The summed E-state index contributed by atoms with van der Waals surface area (Å²) in [6.45, 7) is 49.8. The maximum Gasteiger partial charge on any atom is 0.316 e. The lowest BCUT2D eigenvalue weighted by molar-refractivity contribution is -0.296. The average Bonchev–Trinajstić information content (AvgIpc) is 0.781.